The van der Waals surface area contributed by atoms with Gasteiger partial charge in [-0.15, -0.1) is 11.8 Å². The van der Waals surface area contributed by atoms with Crippen LogP contribution in [-0.4, -0.2) is 41.6 Å². The van der Waals surface area contributed by atoms with E-state index < -0.39 is 0 Å². The van der Waals surface area contributed by atoms with Gasteiger partial charge in [-0.1, -0.05) is 12.1 Å². The van der Waals surface area contributed by atoms with Crippen LogP contribution in [0.1, 0.15) is 37.5 Å². The fourth-order valence-corrected chi connectivity index (χ4v) is 3.47. The molecule has 126 valence electrons. The highest BCUT2D eigenvalue weighted by atomic mass is 32.2. The Bertz CT molecular complexity index is 542. The summed E-state index contributed by atoms with van der Waals surface area (Å²) in [6, 6.07) is 6.54. The molecule has 0 unspecified atom stereocenters. The zero-order valence-electron chi connectivity index (χ0n) is 13.5. The summed E-state index contributed by atoms with van der Waals surface area (Å²) in [5, 5.41) is 3.18. The second-order valence-electron chi connectivity index (χ2n) is 5.85. The monoisotopic (exact) mass is 338 g/mol. The van der Waals surface area contributed by atoms with Crippen molar-refractivity contribution in [2.24, 2.45) is 0 Å². The van der Waals surface area contributed by atoms with Crippen molar-refractivity contribution >= 4 is 23.6 Å². The van der Waals surface area contributed by atoms with Crippen molar-refractivity contribution in [2.75, 3.05) is 18.8 Å². The standard InChI is InChI=1S/C17H23FN2O2S/c1-12(14-3-5-15(18)6-4-14)23-11-17(22)19-16-7-9-20(10-8-16)13(2)21/h3-6,12,16H,7-11H2,1-2H3,(H,19,22)/t12-/m1/s1. The van der Waals surface area contributed by atoms with Crippen molar-refractivity contribution in [3.05, 3.63) is 35.6 Å². The number of likely N-dealkylation sites (tertiary alicyclic amines) is 1. The normalized spacial score (nSPS) is 16.9. The summed E-state index contributed by atoms with van der Waals surface area (Å²) < 4.78 is 12.9. The summed E-state index contributed by atoms with van der Waals surface area (Å²) in [5.74, 6) is 0.246. The van der Waals surface area contributed by atoms with Crippen LogP contribution in [0.3, 0.4) is 0 Å². The van der Waals surface area contributed by atoms with Gasteiger partial charge in [-0.05, 0) is 37.5 Å². The summed E-state index contributed by atoms with van der Waals surface area (Å²) in [6.07, 6.45) is 1.62. The molecule has 0 saturated carbocycles. The summed E-state index contributed by atoms with van der Waals surface area (Å²) in [6.45, 7) is 5.00. The van der Waals surface area contributed by atoms with Crippen LogP contribution < -0.4 is 5.32 Å². The minimum absolute atomic E-state index is 0.0187. The predicted molar refractivity (Wildman–Crippen MR) is 90.7 cm³/mol. The minimum Gasteiger partial charge on any atom is -0.353 e. The maximum absolute atomic E-state index is 12.9. The lowest BCUT2D eigenvalue weighted by atomic mass is 10.1. The Kier molecular flexibility index (Phi) is 6.45. The number of hydrogen-bond acceptors (Lipinski definition) is 3. The van der Waals surface area contributed by atoms with Crippen LogP contribution in [0, 0.1) is 5.82 Å². The maximum atomic E-state index is 12.9. The molecular formula is C17H23FN2O2S. The van der Waals surface area contributed by atoms with Gasteiger partial charge in [-0.2, -0.15) is 0 Å². The van der Waals surface area contributed by atoms with Gasteiger partial charge in [-0.25, -0.2) is 4.39 Å². The van der Waals surface area contributed by atoms with Gasteiger partial charge in [0.2, 0.25) is 11.8 Å². The Hall–Kier alpha value is -1.56. The van der Waals surface area contributed by atoms with Gasteiger partial charge in [0.15, 0.2) is 0 Å². The molecule has 0 bridgehead atoms. The van der Waals surface area contributed by atoms with Gasteiger partial charge in [-0.3, -0.25) is 9.59 Å². The molecule has 1 N–H and O–H groups in total. The molecule has 0 aliphatic carbocycles. The van der Waals surface area contributed by atoms with E-state index in [4.69, 9.17) is 0 Å². The third-order valence-electron chi connectivity index (χ3n) is 4.11. The molecule has 2 amide bonds. The first-order valence-corrected chi connectivity index (χ1v) is 8.92. The van der Waals surface area contributed by atoms with Crippen LogP contribution in [0.25, 0.3) is 0 Å². The van der Waals surface area contributed by atoms with Crippen molar-refractivity contribution in [2.45, 2.75) is 38.0 Å². The van der Waals surface area contributed by atoms with Crippen molar-refractivity contribution in [1.82, 2.24) is 10.2 Å². The number of carbonyl (C=O) groups is 2. The van der Waals surface area contributed by atoms with Crippen molar-refractivity contribution in [1.29, 1.82) is 0 Å². The number of nitrogens with one attached hydrogen (secondary N) is 1. The number of carbonyl (C=O) groups excluding carboxylic acids is 2. The first-order chi connectivity index (χ1) is 11.0. The van der Waals surface area contributed by atoms with E-state index in [1.807, 2.05) is 11.8 Å². The molecule has 1 atom stereocenters. The number of hydrogen-bond donors (Lipinski definition) is 1. The maximum Gasteiger partial charge on any atom is 0.230 e. The molecule has 1 aliphatic heterocycles. The average Bonchev–Trinajstić information content (AvgIpc) is 2.54. The van der Waals surface area contributed by atoms with Crippen LogP contribution in [0.4, 0.5) is 4.39 Å². The Balaban J connectivity index is 1.71. The number of benzene rings is 1. The first kappa shape index (κ1) is 17.8. The third-order valence-corrected chi connectivity index (χ3v) is 5.31. The second kappa shape index (κ2) is 8.34. The Labute approximate surface area is 140 Å². The van der Waals surface area contributed by atoms with Crippen LogP contribution in [-0.2, 0) is 9.59 Å². The molecule has 1 fully saturated rings. The van der Waals surface area contributed by atoms with Crippen LogP contribution in [0.5, 0.6) is 0 Å². The smallest absolute Gasteiger partial charge is 0.230 e. The van der Waals surface area contributed by atoms with Gasteiger partial charge in [0.05, 0.1) is 5.75 Å². The number of amides is 2. The molecule has 0 spiro atoms. The highest BCUT2D eigenvalue weighted by Crippen LogP contribution is 2.27. The Morgan fingerprint density at radius 3 is 2.48 bits per heavy atom. The zero-order chi connectivity index (χ0) is 16.8. The van der Waals surface area contributed by atoms with Gasteiger partial charge in [0.1, 0.15) is 5.82 Å². The van der Waals surface area contributed by atoms with E-state index in [1.165, 1.54) is 23.9 Å². The van der Waals surface area contributed by atoms with Crippen molar-refractivity contribution in [3.63, 3.8) is 0 Å². The number of thioether (sulfide) groups is 1. The van der Waals surface area contributed by atoms with Crippen LogP contribution in [0.2, 0.25) is 0 Å². The van der Waals surface area contributed by atoms with Gasteiger partial charge >= 0.3 is 0 Å². The average molecular weight is 338 g/mol. The van der Waals surface area contributed by atoms with Gasteiger partial charge in [0.25, 0.3) is 0 Å². The second-order valence-corrected chi connectivity index (χ2v) is 7.18. The lowest BCUT2D eigenvalue weighted by Crippen LogP contribution is -2.46. The lowest BCUT2D eigenvalue weighted by Gasteiger charge is -2.31. The Morgan fingerprint density at radius 2 is 1.91 bits per heavy atom. The molecule has 6 heteroatoms. The highest BCUT2D eigenvalue weighted by molar-refractivity contribution is 8.00. The molecule has 1 aromatic rings. The molecule has 1 aromatic carbocycles. The van der Waals surface area contributed by atoms with E-state index in [1.54, 1.807) is 19.1 Å². The summed E-state index contributed by atoms with van der Waals surface area (Å²) in [7, 11) is 0. The zero-order valence-corrected chi connectivity index (χ0v) is 14.4. The molecule has 1 heterocycles. The summed E-state index contributed by atoms with van der Waals surface area (Å²) >= 11 is 1.54. The molecule has 0 aromatic heterocycles. The van der Waals surface area contributed by atoms with Gasteiger partial charge < -0.3 is 10.2 Å². The fraction of sp³-hybridized carbons (Fsp3) is 0.529. The van der Waals surface area contributed by atoms with Crippen molar-refractivity contribution < 1.29 is 14.0 Å². The van der Waals surface area contributed by atoms with E-state index in [0.29, 0.717) is 18.8 Å². The van der Waals surface area contributed by atoms with E-state index in [2.05, 4.69) is 5.32 Å². The fourth-order valence-electron chi connectivity index (χ4n) is 2.64. The highest BCUT2D eigenvalue weighted by Gasteiger charge is 2.22. The number of rotatable bonds is 5. The largest absolute Gasteiger partial charge is 0.353 e. The van der Waals surface area contributed by atoms with E-state index in [0.717, 1.165) is 18.4 Å². The molecule has 0 radical (unpaired) electrons. The quantitative estimate of drug-likeness (QED) is 0.898. The first-order valence-electron chi connectivity index (χ1n) is 7.87. The van der Waals surface area contributed by atoms with Crippen LogP contribution in [0.15, 0.2) is 24.3 Å². The Morgan fingerprint density at radius 1 is 1.30 bits per heavy atom. The van der Waals surface area contributed by atoms with E-state index in [-0.39, 0.29) is 28.9 Å². The molecule has 1 aliphatic rings. The van der Waals surface area contributed by atoms with E-state index >= 15 is 0 Å². The lowest BCUT2D eigenvalue weighted by molar-refractivity contribution is -0.130. The van der Waals surface area contributed by atoms with Crippen LogP contribution >= 0.6 is 11.8 Å². The SMILES string of the molecule is CC(=O)N1CCC(NC(=O)CS[C@H](C)c2ccc(F)cc2)CC1. The van der Waals surface area contributed by atoms with Gasteiger partial charge in [0, 0.05) is 31.3 Å². The molecule has 2 rings (SSSR count). The molecule has 1 saturated heterocycles. The third kappa shape index (κ3) is 5.53. The molecular weight excluding hydrogens is 315 g/mol. The molecule has 4 nitrogen and oxygen atoms in total. The summed E-state index contributed by atoms with van der Waals surface area (Å²) in [4.78, 5) is 25.1. The van der Waals surface area contributed by atoms with Crippen molar-refractivity contribution in [3.8, 4) is 0 Å². The summed E-state index contributed by atoms with van der Waals surface area (Å²) in [5.41, 5.74) is 1.01. The number of piperidine rings is 1. The minimum atomic E-state index is -0.249. The van der Waals surface area contributed by atoms with E-state index in [9.17, 15) is 14.0 Å². The molecule has 23 heavy (non-hydrogen) atoms. The predicted octanol–water partition coefficient (Wildman–Crippen LogP) is 2.75. The number of halogens is 1. The topological polar surface area (TPSA) is 49.4 Å². The number of nitrogens with zero attached hydrogens (tertiary/aromatic N) is 1.